The van der Waals surface area contributed by atoms with E-state index in [0.717, 1.165) is 28.8 Å². The Hall–Kier alpha value is -3.64. The second-order valence-electron chi connectivity index (χ2n) is 14.3. The summed E-state index contributed by atoms with van der Waals surface area (Å²) in [5, 5.41) is 8.82. The number of hydrogen-bond donors (Lipinski definition) is 1. The van der Waals surface area contributed by atoms with Crippen LogP contribution in [-0.4, -0.2) is 72.1 Å². The van der Waals surface area contributed by atoms with Crippen LogP contribution in [0.2, 0.25) is 51.4 Å². The molecule has 5 rings (SSSR count). The Balaban J connectivity index is 1.63. The molecule has 5 aromatic rings. The maximum absolute atomic E-state index is 13.1. The number of halogens is 3. The summed E-state index contributed by atoms with van der Waals surface area (Å²) in [6.45, 7) is 15.8. The number of rotatable bonds is 15. The van der Waals surface area contributed by atoms with Crippen LogP contribution in [-0.2, 0) is 29.5 Å². The first-order chi connectivity index (χ1) is 22.6. The van der Waals surface area contributed by atoms with Crippen molar-refractivity contribution in [3.63, 3.8) is 0 Å². The lowest BCUT2D eigenvalue weighted by Gasteiger charge is -2.16. The van der Waals surface area contributed by atoms with Crippen LogP contribution in [0.3, 0.4) is 0 Å². The molecule has 0 unspecified atom stereocenters. The van der Waals surface area contributed by atoms with Crippen molar-refractivity contribution in [2.24, 2.45) is 0 Å². The van der Waals surface area contributed by atoms with Crippen LogP contribution in [0.5, 0.6) is 5.75 Å². The zero-order chi connectivity index (χ0) is 34.7. The lowest BCUT2D eigenvalue weighted by atomic mass is 10.1. The Morgan fingerprint density at radius 2 is 1.54 bits per heavy atom. The number of pyridine rings is 2. The van der Waals surface area contributed by atoms with Gasteiger partial charge in [-0.2, -0.15) is 5.10 Å². The van der Waals surface area contributed by atoms with Crippen molar-refractivity contribution in [1.29, 1.82) is 0 Å². The molecule has 0 aliphatic rings. The van der Waals surface area contributed by atoms with Gasteiger partial charge in [-0.1, -0.05) is 39.3 Å². The predicted octanol–water partition coefficient (Wildman–Crippen LogP) is 7.75. The zero-order valence-electron chi connectivity index (χ0n) is 28.6. The van der Waals surface area contributed by atoms with Crippen molar-refractivity contribution in [3.8, 4) is 28.4 Å². The zero-order valence-corrected chi connectivity index (χ0v) is 30.6. The third-order valence-electron chi connectivity index (χ3n) is 7.69. The number of nitrogens with zero attached hydrogens (tertiary/aromatic N) is 6. The molecule has 0 aliphatic carbocycles. The van der Waals surface area contributed by atoms with E-state index in [0.29, 0.717) is 53.3 Å². The molecule has 0 radical (unpaired) electrons. The number of hydrogen-bond acceptors (Lipinski definition) is 8. The molecular weight excluding hydrogens is 656 g/mol. The highest BCUT2D eigenvalue weighted by Gasteiger charge is 2.31. The Morgan fingerprint density at radius 1 is 0.854 bits per heavy atom. The topological polar surface area (TPSA) is 101 Å². The van der Waals surface area contributed by atoms with E-state index in [1.165, 1.54) is 12.1 Å². The maximum atomic E-state index is 13.1. The van der Waals surface area contributed by atoms with E-state index in [4.69, 9.17) is 24.5 Å². The minimum Gasteiger partial charge on any atom is -0.406 e. The number of imidazole rings is 1. The van der Waals surface area contributed by atoms with Gasteiger partial charge in [-0.15, -0.1) is 13.2 Å². The Morgan fingerprint density at radius 3 is 2.21 bits per heavy atom. The van der Waals surface area contributed by atoms with Crippen LogP contribution in [0, 0.1) is 0 Å². The molecule has 0 bridgehead atoms. The van der Waals surface area contributed by atoms with Crippen molar-refractivity contribution < 1.29 is 27.4 Å². The van der Waals surface area contributed by atoms with E-state index in [2.05, 4.69) is 60.4 Å². The van der Waals surface area contributed by atoms with Gasteiger partial charge in [0.1, 0.15) is 24.9 Å². The molecular formula is C33H44F3N7O3Si2. The molecule has 258 valence electrons. The smallest absolute Gasteiger partial charge is 0.406 e. The average Bonchev–Trinajstić information content (AvgIpc) is 3.53. The Labute approximate surface area is 280 Å². The first-order valence-corrected chi connectivity index (χ1v) is 23.4. The van der Waals surface area contributed by atoms with Crippen LogP contribution < -0.4 is 10.1 Å². The summed E-state index contributed by atoms with van der Waals surface area (Å²) >= 11 is 0. The normalized spacial score (nSPS) is 12.8. The Kier molecular flexibility index (Phi) is 10.7. The molecule has 15 heteroatoms. The van der Waals surface area contributed by atoms with Crippen molar-refractivity contribution in [2.45, 2.75) is 77.7 Å². The number of alkyl halides is 3. The van der Waals surface area contributed by atoms with Crippen LogP contribution in [0.25, 0.3) is 44.7 Å². The molecule has 48 heavy (non-hydrogen) atoms. The van der Waals surface area contributed by atoms with Gasteiger partial charge in [-0.25, -0.2) is 14.6 Å². The third kappa shape index (κ3) is 9.28. The SMILES string of the molecule is CNCc1cncc(-c2cnc3c(c2)c(-c2nc4cc(OC(F)(F)F)ccc4n2COCC[Si](C)(C)C)nn3COCC[Si](C)(C)C)c1. The molecule has 0 aliphatic heterocycles. The second-order valence-corrected chi connectivity index (χ2v) is 25.6. The van der Waals surface area contributed by atoms with Gasteiger partial charge >= 0.3 is 6.36 Å². The summed E-state index contributed by atoms with van der Waals surface area (Å²) in [5.74, 6) is 0.0870. The fourth-order valence-electron chi connectivity index (χ4n) is 5.10. The molecule has 4 heterocycles. The van der Waals surface area contributed by atoms with Gasteiger partial charge in [0.15, 0.2) is 11.5 Å². The quantitative estimate of drug-likeness (QED) is 0.0875. The summed E-state index contributed by atoms with van der Waals surface area (Å²) in [6, 6.07) is 10.1. The van der Waals surface area contributed by atoms with Crippen LogP contribution in [0.4, 0.5) is 13.2 Å². The summed E-state index contributed by atoms with van der Waals surface area (Å²) < 4.78 is 59.3. The average molecular weight is 700 g/mol. The predicted molar refractivity (Wildman–Crippen MR) is 187 cm³/mol. The highest BCUT2D eigenvalue weighted by atomic mass is 28.3. The molecule has 1 aromatic carbocycles. The van der Waals surface area contributed by atoms with E-state index in [-0.39, 0.29) is 19.2 Å². The van der Waals surface area contributed by atoms with Crippen molar-refractivity contribution in [1.82, 2.24) is 34.6 Å². The van der Waals surface area contributed by atoms with Crippen LogP contribution in [0.1, 0.15) is 5.56 Å². The number of benzene rings is 1. The van der Waals surface area contributed by atoms with Crippen LogP contribution >= 0.6 is 0 Å². The molecule has 0 saturated heterocycles. The fourth-order valence-corrected chi connectivity index (χ4v) is 6.61. The highest BCUT2D eigenvalue weighted by Crippen LogP contribution is 2.34. The van der Waals surface area contributed by atoms with E-state index in [1.807, 2.05) is 23.9 Å². The number of fused-ring (bicyclic) bond motifs is 2. The van der Waals surface area contributed by atoms with Gasteiger partial charge < -0.3 is 19.5 Å². The molecule has 0 amide bonds. The molecule has 1 N–H and O–H groups in total. The van der Waals surface area contributed by atoms with Gasteiger partial charge in [0.25, 0.3) is 0 Å². The standard InChI is InChI=1S/C33H44F3N7O3Si2/c1-37-17-23-14-24(19-38-18-23)25-15-27-30(41-43(31(27)39-20-25)22-45-11-13-48(5,6)7)32-40-28-16-26(46-33(34,35)36)8-9-29(28)42(32)21-44-10-12-47(2,3)4/h8-9,14-16,18-20,37H,10-13,17,21-22H2,1-7H3. The number of nitrogens with one attached hydrogen (secondary N) is 1. The van der Waals surface area contributed by atoms with Gasteiger partial charge in [-0.05, 0) is 49.0 Å². The molecule has 0 saturated carbocycles. The molecule has 4 aromatic heterocycles. The molecule has 10 nitrogen and oxygen atoms in total. The van der Waals surface area contributed by atoms with E-state index in [9.17, 15) is 13.2 Å². The molecule has 0 fully saturated rings. The van der Waals surface area contributed by atoms with E-state index in [1.54, 1.807) is 23.1 Å². The van der Waals surface area contributed by atoms with Gasteiger partial charge in [0, 0.05) is 71.7 Å². The van der Waals surface area contributed by atoms with E-state index >= 15 is 0 Å². The lowest BCUT2D eigenvalue weighted by molar-refractivity contribution is -0.274. The van der Waals surface area contributed by atoms with Crippen LogP contribution in [0.15, 0.2) is 48.9 Å². The van der Waals surface area contributed by atoms with E-state index < -0.39 is 22.5 Å². The molecule has 0 atom stereocenters. The summed E-state index contributed by atoms with van der Waals surface area (Å²) in [6.07, 6.45) is 0.560. The largest absolute Gasteiger partial charge is 0.573 e. The Bertz CT molecular complexity index is 1860. The summed E-state index contributed by atoms with van der Waals surface area (Å²) in [7, 11) is -0.799. The first kappa shape index (κ1) is 35.7. The summed E-state index contributed by atoms with van der Waals surface area (Å²) in [5.41, 5.74) is 4.77. The third-order valence-corrected chi connectivity index (χ3v) is 11.1. The molecule has 0 spiro atoms. The van der Waals surface area contributed by atoms with Gasteiger partial charge in [0.2, 0.25) is 0 Å². The monoisotopic (exact) mass is 699 g/mol. The fraction of sp³-hybridized carbons (Fsp3) is 0.455. The first-order valence-electron chi connectivity index (χ1n) is 16.0. The summed E-state index contributed by atoms with van der Waals surface area (Å²) in [4.78, 5) is 14.1. The van der Waals surface area contributed by atoms with Crippen molar-refractivity contribution in [2.75, 3.05) is 20.3 Å². The second kappa shape index (κ2) is 14.5. The van der Waals surface area contributed by atoms with Gasteiger partial charge in [0.05, 0.1) is 16.4 Å². The maximum Gasteiger partial charge on any atom is 0.573 e. The minimum atomic E-state index is -4.83. The van der Waals surface area contributed by atoms with Crippen molar-refractivity contribution in [3.05, 3.63) is 54.5 Å². The van der Waals surface area contributed by atoms with Crippen molar-refractivity contribution >= 4 is 38.2 Å². The number of aromatic nitrogens is 6. The minimum absolute atomic E-state index is 0.139. The lowest BCUT2D eigenvalue weighted by Crippen LogP contribution is -2.22. The number of ether oxygens (including phenoxy) is 3. The highest BCUT2D eigenvalue weighted by molar-refractivity contribution is 6.76. The van der Waals surface area contributed by atoms with Gasteiger partial charge in [-0.3, -0.25) is 9.55 Å².